The number of fused-ring (bicyclic) bond motifs is 1. The third-order valence-corrected chi connectivity index (χ3v) is 4.73. The van der Waals surface area contributed by atoms with Crippen LogP contribution in [0.5, 0.6) is 0 Å². The van der Waals surface area contributed by atoms with Crippen molar-refractivity contribution in [2.75, 3.05) is 11.9 Å². The number of nitrogens with zero attached hydrogens (tertiary/aromatic N) is 1. The minimum absolute atomic E-state index is 0.133. The number of aromatic nitrogens is 1. The number of rotatable bonds is 4. The van der Waals surface area contributed by atoms with E-state index in [1.54, 1.807) is 18.3 Å². The quantitative estimate of drug-likeness (QED) is 0.720. The first-order chi connectivity index (χ1) is 13.2. The van der Waals surface area contributed by atoms with Gasteiger partial charge in [-0.25, -0.2) is 9.18 Å². The number of hydrogen-bond donors (Lipinski definition) is 2. The zero-order chi connectivity index (χ0) is 18.6. The van der Waals surface area contributed by atoms with Gasteiger partial charge in [0.15, 0.2) is 0 Å². The number of carbonyl (C=O) groups is 1. The summed E-state index contributed by atoms with van der Waals surface area (Å²) in [7, 11) is 0. The molecule has 2 aromatic carbocycles. The van der Waals surface area contributed by atoms with Gasteiger partial charge in [-0.1, -0.05) is 30.3 Å². The van der Waals surface area contributed by atoms with Crippen LogP contribution >= 0.6 is 0 Å². The minimum Gasteiger partial charge on any atom is -0.376 e. The normalized spacial score (nSPS) is 17.6. The van der Waals surface area contributed by atoms with Crippen LogP contribution in [0.3, 0.4) is 0 Å². The summed E-state index contributed by atoms with van der Waals surface area (Å²) >= 11 is 0. The molecule has 0 bridgehead atoms. The lowest BCUT2D eigenvalue weighted by atomic mass is 9.99. The summed E-state index contributed by atoms with van der Waals surface area (Å²) in [4.78, 5) is 17.0. The molecule has 0 spiro atoms. The van der Waals surface area contributed by atoms with Crippen LogP contribution in [0.1, 0.15) is 24.4 Å². The second-order valence-corrected chi connectivity index (χ2v) is 6.56. The molecular formula is C21H20FN3O2. The molecule has 2 amide bonds. The van der Waals surface area contributed by atoms with Crippen molar-refractivity contribution in [1.82, 2.24) is 10.3 Å². The Morgan fingerprint density at radius 2 is 1.96 bits per heavy atom. The second-order valence-electron chi connectivity index (χ2n) is 6.56. The van der Waals surface area contributed by atoms with Crippen LogP contribution < -0.4 is 10.6 Å². The molecule has 3 aromatic rings. The molecule has 1 aliphatic rings. The molecule has 1 aliphatic heterocycles. The summed E-state index contributed by atoms with van der Waals surface area (Å²) in [6, 6.07) is 14.9. The molecule has 1 saturated heterocycles. The number of para-hydroxylation sites is 1. The Bertz CT molecular complexity index is 934. The number of nitrogens with one attached hydrogen (secondary N) is 2. The Morgan fingerprint density at radius 1 is 1.15 bits per heavy atom. The van der Waals surface area contributed by atoms with Crippen LogP contribution in [0.2, 0.25) is 0 Å². The van der Waals surface area contributed by atoms with Gasteiger partial charge in [0.1, 0.15) is 5.82 Å². The molecule has 0 saturated carbocycles. The molecule has 6 heteroatoms. The number of ether oxygens (including phenoxy) is 1. The SMILES string of the molecule is O=C(Nc1cccc2cccnc12)NC(c1ccc(F)cc1)C1CCCO1. The smallest absolute Gasteiger partial charge is 0.319 e. The molecule has 0 radical (unpaired) electrons. The minimum atomic E-state index is -0.351. The highest BCUT2D eigenvalue weighted by atomic mass is 19.1. The number of carbonyl (C=O) groups excluding carboxylic acids is 1. The van der Waals surface area contributed by atoms with E-state index in [0.717, 1.165) is 29.3 Å². The molecule has 2 unspecified atom stereocenters. The molecule has 1 aromatic heterocycles. The van der Waals surface area contributed by atoms with Crippen LogP contribution in [0.25, 0.3) is 10.9 Å². The van der Waals surface area contributed by atoms with Crippen LogP contribution in [-0.2, 0) is 4.74 Å². The van der Waals surface area contributed by atoms with Gasteiger partial charge >= 0.3 is 6.03 Å². The topological polar surface area (TPSA) is 63.2 Å². The highest BCUT2D eigenvalue weighted by Gasteiger charge is 2.29. The van der Waals surface area contributed by atoms with Crippen molar-refractivity contribution in [3.8, 4) is 0 Å². The molecule has 138 valence electrons. The Balaban J connectivity index is 1.55. The maximum absolute atomic E-state index is 13.3. The number of anilines is 1. The molecule has 5 nitrogen and oxygen atoms in total. The van der Waals surface area contributed by atoms with Crippen molar-refractivity contribution in [1.29, 1.82) is 0 Å². The van der Waals surface area contributed by atoms with E-state index in [4.69, 9.17) is 4.74 Å². The third-order valence-electron chi connectivity index (χ3n) is 4.73. The van der Waals surface area contributed by atoms with E-state index in [9.17, 15) is 9.18 Å². The van der Waals surface area contributed by atoms with E-state index in [2.05, 4.69) is 15.6 Å². The predicted octanol–water partition coefficient (Wildman–Crippen LogP) is 4.42. The summed E-state index contributed by atoms with van der Waals surface area (Å²) in [6.45, 7) is 0.666. The van der Waals surface area contributed by atoms with Crippen molar-refractivity contribution in [2.45, 2.75) is 25.0 Å². The molecular weight excluding hydrogens is 345 g/mol. The van der Waals surface area contributed by atoms with Crippen molar-refractivity contribution in [3.05, 3.63) is 72.2 Å². The Hall–Kier alpha value is -2.99. The standard InChI is InChI=1S/C21H20FN3O2/c22-16-10-8-15(9-11-16)20(18-7-3-13-27-18)25-21(26)24-17-6-1-4-14-5-2-12-23-19(14)17/h1-2,4-6,8-12,18,20H,3,7,13H2,(H2,24,25,26). The van der Waals surface area contributed by atoms with Crippen LogP contribution in [0, 0.1) is 5.82 Å². The average molecular weight is 365 g/mol. The summed E-state index contributed by atoms with van der Waals surface area (Å²) in [5.41, 5.74) is 2.18. The molecule has 2 heterocycles. The largest absolute Gasteiger partial charge is 0.376 e. The molecule has 1 fully saturated rings. The Morgan fingerprint density at radius 3 is 2.74 bits per heavy atom. The predicted molar refractivity (Wildman–Crippen MR) is 102 cm³/mol. The number of benzene rings is 2. The number of pyridine rings is 1. The third kappa shape index (κ3) is 3.90. The van der Waals surface area contributed by atoms with Crippen molar-refractivity contribution < 1.29 is 13.9 Å². The van der Waals surface area contributed by atoms with Gasteiger partial charge in [-0.3, -0.25) is 4.98 Å². The van der Waals surface area contributed by atoms with Gasteiger partial charge in [-0.2, -0.15) is 0 Å². The van der Waals surface area contributed by atoms with E-state index in [1.165, 1.54) is 12.1 Å². The van der Waals surface area contributed by atoms with Crippen LogP contribution in [0.15, 0.2) is 60.8 Å². The van der Waals surface area contributed by atoms with Crippen molar-refractivity contribution in [3.63, 3.8) is 0 Å². The van der Waals surface area contributed by atoms with Gasteiger partial charge in [0.2, 0.25) is 0 Å². The fourth-order valence-electron chi connectivity index (χ4n) is 3.43. The van der Waals surface area contributed by atoms with Gasteiger partial charge in [0, 0.05) is 18.2 Å². The first kappa shape index (κ1) is 17.4. The zero-order valence-electron chi connectivity index (χ0n) is 14.7. The van der Waals surface area contributed by atoms with Gasteiger partial charge in [0.05, 0.1) is 23.3 Å². The fourth-order valence-corrected chi connectivity index (χ4v) is 3.43. The number of urea groups is 1. The van der Waals surface area contributed by atoms with Gasteiger partial charge in [0.25, 0.3) is 0 Å². The maximum atomic E-state index is 13.3. The lowest BCUT2D eigenvalue weighted by Crippen LogP contribution is -2.38. The van der Waals surface area contributed by atoms with Crippen LogP contribution in [-0.4, -0.2) is 23.7 Å². The highest BCUT2D eigenvalue weighted by Crippen LogP contribution is 2.28. The molecule has 2 N–H and O–H groups in total. The summed E-state index contributed by atoms with van der Waals surface area (Å²) in [5.74, 6) is -0.309. The first-order valence-corrected chi connectivity index (χ1v) is 8.99. The van der Waals surface area contributed by atoms with E-state index in [-0.39, 0.29) is 24.0 Å². The van der Waals surface area contributed by atoms with Gasteiger partial charge < -0.3 is 15.4 Å². The van der Waals surface area contributed by atoms with Gasteiger partial charge in [-0.15, -0.1) is 0 Å². The van der Waals surface area contributed by atoms with E-state index in [0.29, 0.717) is 12.3 Å². The van der Waals surface area contributed by atoms with E-state index in [1.807, 2.05) is 30.3 Å². The van der Waals surface area contributed by atoms with Gasteiger partial charge in [-0.05, 0) is 42.7 Å². The summed E-state index contributed by atoms with van der Waals surface area (Å²) in [5, 5.41) is 6.81. The second kappa shape index (κ2) is 7.72. The van der Waals surface area contributed by atoms with Crippen LogP contribution in [0.4, 0.5) is 14.9 Å². The zero-order valence-corrected chi connectivity index (χ0v) is 14.7. The average Bonchev–Trinajstić information content (AvgIpc) is 3.22. The highest BCUT2D eigenvalue weighted by molar-refractivity contribution is 5.99. The van der Waals surface area contributed by atoms with Crippen molar-refractivity contribution in [2.24, 2.45) is 0 Å². The number of hydrogen-bond acceptors (Lipinski definition) is 3. The molecule has 2 atom stereocenters. The summed E-state index contributed by atoms with van der Waals surface area (Å²) in [6.07, 6.45) is 3.35. The summed E-state index contributed by atoms with van der Waals surface area (Å²) < 4.78 is 19.1. The molecule has 4 rings (SSSR count). The lowest BCUT2D eigenvalue weighted by Gasteiger charge is -2.25. The Labute approximate surface area is 156 Å². The maximum Gasteiger partial charge on any atom is 0.319 e. The molecule has 27 heavy (non-hydrogen) atoms. The Kier molecular flexibility index (Phi) is 4.98. The van der Waals surface area contributed by atoms with E-state index < -0.39 is 0 Å². The monoisotopic (exact) mass is 365 g/mol. The number of amides is 2. The van der Waals surface area contributed by atoms with Crippen molar-refractivity contribution >= 4 is 22.6 Å². The lowest BCUT2D eigenvalue weighted by molar-refractivity contribution is 0.0815. The fraction of sp³-hybridized carbons (Fsp3) is 0.238. The first-order valence-electron chi connectivity index (χ1n) is 8.99. The molecule has 0 aliphatic carbocycles. The number of halogens is 1. The van der Waals surface area contributed by atoms with E-state index >= 15 is 0 Å².